The van der Waals surface area contributed by atoms with Gasteiger partial charge in [0.25, 0.3) is 0 Å². The van der Waals surface area contributed by atoms with Crippen molar-refractivity contribution in [2.24, 2.45) is 0 Å². The van der Waals surface area contributed by atoms with Gasteiger partial charge in [-0.1, -0.05) is 34.8 Å². The molecule has 15 heavy (non-hydrogen) atoms. The average Bonchev–Trinajstić information content (AvgIpc) is 2.20. The Kier molecular flexibility index (Phi) is 3.45. The molecule has 2 atom stereocenters. The predicted molar refractivity (Wildman–Crippen MR) is 65.1 cm³/mol. The van der Waals surface area contributed by atoms with Crippen molar-refractivity contribution in [2.75, 3.05) is 0 Å². The summed E-state index contributed by atoms with van der Waals surface area (Å²) in [6.45, 7) is 2.01. The fourth-order valence-corrected chi connectivity index (χ4v) is 3.36. The van der Waals surface area contributed by atoms with Gasteiger partial charge in [0.15, 0.2) is 0 Å². The third kappa shape index (κ3) is 2.41. The van der Waals surface area contributed by atoms with Crippen LogP contribution in [-0.2, 0) is 0 Å². The maximum absolute atomic E-state index is 13.0. The number of halogens is 2. The highest BCUT2D eigenvalue weighted by atomic mass is 79.9. The van der Waals surface area contributed by atoms with Crippen LogP contribution in [0.1, 0.15) is 42.7 Å². The minimum Gasteiger partial charge on any atom is -0.207 e. The molecule has 0 bridgehead atoms. The van der Waals surface area contributed by atoms with Crippen LogP contribution in [0.3, 0.4) is 0 Å². The van der Waals surface area contributed by atoms with Gasteiger partial charge < -0.3 is 0 Å². The van der Waals surface area contributed by atoms with Gasteiger partial charge in [0.2, 0.25) is 0 Å². The Bertz CT molecular complexity index is 348. The number of hydrogen-bond donors (Lipinski definition) is 0. The molecule has 1 saturated carbocycles. The molecule has 82 valence electrons. The highest BCUT2D eigenvalue weighted by molar-refractivity contribution is 9.09. The van der Waals surface area contributed by atoms with Crippen LogP contribution in [0.25, 0.3) is 0 Å². The number of hydrogen-bond acceptors (Lipinski definition) is 0. The molecule has 1 fully saturated rings. The average molecular weight is 271 g/mol. The van der Waals surface area contributed by atoms with Crippen LogP contribution in [0.15, 0.2) is 18.2 Å². The van der Waals surface area contributed by atoms with Gasteiger partial charge >= 0.3 is 0 Å². The fourth-order valence-electron chi connectivity index (χ4n) is 2.49. The van der Waals surface area contributed by atoms with Gasteiger partial charge in [-0.15, -0.1) is 0 Å². The number of aryl methyl sites for hydroxylation is 1. The maximum Gasteiger partial charge on any atom is 0.123 e. The quantitative estimate of drug-likeness (QED) is 0.657. The summed E-state index contributed by atoms with van der Waals surface area (Å²) >= 11 is 3.75. The van der Waals surface area contributed by atoms with Crippen LogP contribution >= 0.6 is 15.9 Å². The fraction of sp³-hybridized carbons (Fsp3) is 0.538. The Morgan fingerprint density at radius 3 is 2.67 bits per heavy atom. The zero-order chi connectivity index (χ0) is 10.8. The summed E-state index contributed by atoms with van der Waals surface area (Å²) in [5.74, 6) is 0.442. The van der Waals surface area contributed by atoms with Crippen molar-refractivity contribution in [3.8, 4) is 0 Å². The minimum atomic E-state index is -0.127. The highest BCUT2D eigenvalue weighted by Gasteiger charge is 2.25. The molecule has 0 aliphatic heterocycles. The Morgan fingerprint density at radius 2 is 2.00 bits per heavy atom. The maximum atomic E-state index is 13.0. The molecule has 1 aromatic rings. The lowest BCUT2D eigenvalue weighted by atomic mass is 9.82. The first-order valence-electron chi connectivity index (χ1n) is 5.58. The molecule has 0 spiro atoms. The third-order valence-electron chi connectivity index (χ3n) is 3.31. The second-order valence-electron chi connectivity index (χ2n) is 4.41. The van der Waals surface area contributed by atoms with Crippen LogP contribution in [0.4, 0.5) is 4.39 Å². The Hall–Kier alpha value is -0.370. The first-order valence-corrected chi connectivity index (χ1v) is 6.50. The minimum absolute atomic E-state index is 0.127. The standard InChI is InChI=1S/C13H16BrF/c1-9-8-10(15)6-7-11(9)12-4-2-3-5-13(12)14/h6-8,12-13H,2-5H2,1H3. The SMILES string of the molecule is Cc1cc(F)ccc1C1CCCCC1Br. The van der Waals surface area contributed by atoms with Gasteiger partial charge in [0.1, 0.15) is 5.82 Å². The van der Waals surface area contributed by atoms with Crippen molar-refractivity contribution in [2.45, 2.75) is 43.4 Å². The van der Waals surface area contributed by atoms with Gasteiger partial charge in [-0.25, -0.2) is 4.39 Å². The van der Waals surface area contributed by atoms with E-state index in [-0.39, 0.29) is 5.82 Å². The summed E-state index contributed by atoms with van der Waals surface area (Å²) in [5.41, 5.74) is 2.41. The molecule has 1 aliphatic carbocycles. The van der Waals surface area contributed by atoms with Crippen LogP contribution in [-0.4, -0.2) is 4.83 Å². The van der Waals surface area contributed by atoms with Crippen LogP contribution in [0, 0.1) is 12.7 Å². The van der Waals surface area contributed by atoms with E-state index >= 15 is 0 Å². The van der Waals surface area contributed by atoms with E-state index in [1.54, 1.807) is 12.1 Å². The zero-order valence-electron chi connectivity index (χ0n) is 8.97. The topological polar surface area (TPSA) is 0 Å². The predicted octanol–water partition coefficient (Wildman–Crippen LogP) is 4.56. The van der Waals surface area contributed by atoms with Crippen LogP contribution in [0.5, 0.6) is 0 Å². The summed E-state index contributed by atoms with van der Waals surface area (Å²) < 4.78 is 13.0. The van der Waals surface area contributed by atoms with Crippen molar-refractivity contribution >= 4 is 15.9 Å². The molecule has 0 radical (unpaired) electrons. The molecule has 2 heteroatoms. The first kappa shape index (κ1) is 11.1. The van der Waals surface area contributed by atoms with Crippen molar-refractivity contribution in [1.29, 1.82) is 0 Å². The molecule has 0 N–H and O–H groups in total. The summed E-state index contributed by atoms with van der Waals surface area (Å²) in [4.78, 5) is 0.565. The van der Waals surface area contributed by atoms with Crippen LogP contribution < -0.4 is 0 Å². The second kappa shape index (κ2) is 4.65. The van der Waals surface area contributed by atoms with E-state index in [1.807, 2.05) is 13.0 Å². The molecular weight excluding hydrogens is 255 g/mol. The smallest absolute Gasteiger partial charge is 0.123 e. The largest absolute Gasteiger partial charge is 0.207 e. The van der Waals surface area contributed by atoms with E-state index in [0.717, 1.165) is 5.56 Å². The Balaban J connectivity index is 2.27. The summed E-state index contributed by atoms with van der Waals surface area (Å²) in [6.07, 6.45) is 5.07. The Labute approximate surface area is 99.0 Å². The van der Waals surface area contributed by atoms with Crippen molar-refractivity contribution in [1.82, 2.24) is 0 Å². The van der Waals surface area contributed by atoms with Gasteiger partial charge in [-0.3, -0.25) is 0 Å². The van der Waals surface area contributed by atoms with Gasteiger partial charge in [-0.2, -0.15) is 0 Å². The molecule has 2 rings (SSSR count). The molecule has 1 aliphatic rings. The first-order chi connectivity index (χ1) is 7.18. The number of alkyl halides is 1. The van der Waals surface area contributed by atoms with Gasteiger partial charge in [0, 0.05) is 4.83 Å². The van der Waals surface area contributed by atoms with E-state index < -0.39 is 0 Å². The molecule has 0 amide bonds. The zero-order valence-corrected chi connectivity index (χ0v) is 10.6. The van der Waals surface area contributed by atoms with E-state index in [2.05, 4.69) is 15.9 Å². The molecule has 0 aromatic heterocycles. The van der Waals surface area contributed by atoms with Crippen molar-refractivity contribution in [3.63, 3.8) is 0 Å². The van der Waals surface area contributed by atoms with Crippen molar-refractivity contribution < 1.29 is 4.39 Å². The van der Waals surface area contributed by atoms with E-state index in [9.17, 15) is 4.39 Å². The molecule has 2 unspecified atom stereocenters. The highest BCUT2D eigenvalue weighted by Crippen LogP contribution is 2.38. The van der Waals surface area contributed by atoms with E-state index in [0.29, 0.717) is 10.7 Å². The Morgan fingerprint density at radius 1 is 1.27 bits per heavy atom. The van der Waals surface area contributed by atoms with E-state index in [4.69, 9.17) is 0 Å². The summed E-state index contributed by atoms with van der Waals surface area (Å²) in [5, 5.41) is 0. The normalized spacial score (nSPS) is 26.6. The van der Waals surface area contributed by atoms with Gasteiger partial charge in [0.05, 0.1) is 0 Å². The molecule has 0 saturated heterocycles. The van der Waals surface area contributed by atoms with Crippen molar-refractivity contribution in [3.05, 3.63) is 35.1 Å². The number of benzene rings is 1. The lowest BCUT2D eigenvalue weighted by molar-refractivity contribution is 0.459. The number of rotatable bonds is 1. The van der Waals surface area contributed by atoms with Gasteiger partial charge in [-0.05, 0) is 48.9 Å². The summed E-state index contributed by atoms with van der Waals surface area (Å²) in [7, 11) is 0. The van der Waals surface area contributed by atoms with Crippen LogP contribution in [0.2, 0.25) is 0 Å². The lowest BCUT2D eigenvalue weighted by Crippen LogP contribution is -2.18. The second-order valence-corrected chi connectivity index (χ2v) is 5.58. The summed E-state index contributed by atoms with van der Waals surface area (Å²) in [6, 6.07) is 5.18. The van der Waals surface area contributed by atoms with E-state index in [1.165, 1.54) is 31.2 Å². The molecule has 0 heterocycles. The molecule has 1 aromatic carbocycles. The lowest BCUT2D eigenvalue weighted by Gasteiger charge is -2.28. The molecular formula is C13H16BrF. The molecule has 0 nitrogen and oxygen atoms in total. The monoisotopic (exact) mass is 270 g/mol. The third-order valence-corrected chi connectivity index (χ3v) is 4.41.